The highest BCUT2D eigenvalue weighted by atomic mass is 16.5. The summed E-state index contributed by atoms with van der Waals surface area (Å²) in [6, 6.07) is 31.7. The Morgan fingerprint density at radius 2 is 1.39 bits per heavy atom. The maximum atomic E-state index is 12.4. The Bertz CT molecular complexity index is 1350. The number of ether oxygens (including phenoxy) is 2. The number of amides is 1. The lowest BCUT2D eigenvalue weighted by atomic mass is 10.1. The van der Waals surface area contributed by atoms with Crippen molar-refractivity contribution in [3.8, 4) is 22.6 Å². The Kier molecular flexibility index (Phi) is 7.88. The van der Waals surface area contributed by atoms with E-state index in [4.69, 9.17) is 9.47 Å². The Labute approximate surface area is 210 Å². The van der Waals surface area contributed by atoms with Gasteiger partial charge in [-0.25, -0.2) is 10.2 Å². The number of hydrogen-bond donors (Lipinski definition) is 1. The largest absolute Gasteiger partial charge is 0.481 e. The van der Waals surface area contributed by atoms with E-state index < -0.39 is 12.1 Å². The molecule has 0 saturated heterocycles. The molecule has 0 fully saturated rings. The highest BCUT2D eigenvalue weighted by molar-refractivity contribution is 5.92. The van der Waals surface area contributed by atoms with Crippen molar-refractivity contribution in [3.05, 3.63) is 120 Å². The Morgan fingerprint density at radius 1 is 0.778 bits per heavy atom. The minimum absolute atomic E-state index is 0.373. The zero-order chi connectivity index (χ0) is 25.3. The number of rotatable bonds is 8. The summed E-state index contributed by atoms with van der Waals surface area (Å²) in [6.07, 6.45) is 0.777. The normalized spacial score (nSPS) is 11.6. The predicted molar refractivity (Wildman–Crippen MR) is 140 cm³/mol. The third kappa shape index (κ3) is 6.45. The molecule has 0 heterocycles. The molecule has 36 heavy (non-hydrogen) atoms. The van der Waals surface area contributed by atoms with Gasteiger partial charge in [0.05, 0.1) is 11.8 Å². The summed E-state index contributed by atoms with van der Waals surface area (Å²) in [7, 11) is 0. The van der Waals surface area contributed by atoms with Crippen LogP contribution in [-0.4, -0.2) is 24.2 Å². The smallest absolute Gasteiger partial charge is 0.343 e. The van der Waals surface area contributed by atoms with Crippen molar-refractivity contribution < 1.29 is 19.1 Å². The second-order valence-corrected chi connectivity index (χ2v) is 8.16. The van der Waals surface area contributed by atoms with Crippen LogP contribution in [0.4, 0.5) is 0 Å². The summed E-state index contributed by atoms with van der Waals surface area (Å²) in [5, 5.41) is 4.00. The first-order valence-electron chi connectivity index (χ1n) is 11.5. The van der Waals surface area contributed by atoms with Gasteiger partial charge >= 0.3 is 5.97 Å². The molecule has 0 radical (unpaired) electrons. The van der Waals surface area contributed by atoms with E-state index in [1.165, 1.54) is 6.21 Å². The molecule has 0 spiro atoms. The number of aryl methyl sites for hydroxylation is 1. The molecule has 0 aliphatic rings. The molecular formula is C30H26N2O4. The summed E-state index contributed by atoms with van der Waals surface area (Å²) in [5.74, 6) is 0.231. The van der Waals surface area contributed by atoms with E-state index in [1.54, 1.807) is 43.3 Å². The molecule has 1 amide bonds. The van der Waals surface area contributed by atoms with E-state index in [-0.39, 0.29) is 5.91 Å². The lowest BCUT2D eigenvalue weighted by Gasteiger charge is -2.13. The molecular weight excluding hydrogens is 452 g/mol. The molecule has 4 aromatic carbocycles. The zero-order valence-electron chi connectivity index (χ0n) is 20.0. The minimum atomic E-state index is -0.729. The summed E-state index contributed by atoms with van der Waals surface area (Å²) >= 11 is 0. The third-order valence-corrected chi connectivity index (χ3v) is 5.49. The number of carbonyl (C=O) groups excluding carboxylic acids is 2. The molecule has 0 aromatic heterocycles. The monoisotopic (exact) mass is 478 g/mol. The number of nitrogens with zero attached hydrogens (tertiary/aromatic N) is 1. The van der Waals surface area contributed by atoms with Crippen LogP contribution < -0.4 is 14.9 Å². The van der Waals surface area contributed by atoms with E-state index in [0.717, 1.165) is 22.3 Å². The second-order valence-electron chi connectivity index (χ2n) is 8.16. The van der Waals surface area contributed by atoms with E-state index in [9.17, 15) is 9.59 Å². The molecule has 180 valence electrons. The Hall–Kier alpha value is -4.71. The van der Waals surface area contributed by atoms with Crippen molar-refractivity contribution in [2.45, 2.75) is 20.0 Å². The Morgan fingerprint density at radius 3 is 2.08 bits per heavy atom. The maximum Gasteiger partial charge on any atom is 0.343 e. The Balaban J connectivity index is 1.26. The summed E-state index contributed by atoms with van der Waals surface area (Å²) < 4.78 is 11.2. The lowest BCUT2D eigenvalue weighted by molar-refractivity contribution is -0.127. The molecule has 1 N–H and O–H groups in total. The second kappa shape index (κ2) is 11.6. The van der Waals surface area contributed by atoms with Crippen LogP contribution in [0.3, 0.4) is 0 Å². The van der Waals surface area contributed by atoms with Gasteiger partial charge in [-0.2, -0.15) is 5.10 Å². The van der Waals surface area contributed by atoms with E-state index in [0.29, 0.717) is 17.1 Å². The fraction of sp³-hybridized carbons (Fsp3) is 0.100. The zero-order valence-corrected chi connectivity index (χ0v) is 20.0. The van der Waals surface area contributed by atoms with Crippen LogP contribution >= 0.6 is 0 Å². The van der Waals surface area contributed by atoms with Crippen LogP contribution in [0.25, 0.3) is 11.1 Å². The third-order valence-electron chi connectivity index (χ3n) is 5.49. The molecule has 6 heteroatoms. The number of hydrogen-bond acceptors (Lipinski definition) is 5. The van der Waals surface area contributed by atoms with Crippen molar-refractivity contribution in [1.82, 2.24) is 5.43 Å². The van der Waals surface area contributed by atoms with Crippen molar-refractivity contribution in [2.75, 3.05) is 0 Å². The molecule has 6 nitrogen and oxygen atoms in total. The van der Waals surface area contributed by atoms with Crippen molar-refractivity contribution in [2.24, 2.45) is 5.10 Å². The van der Waals surface area contributed by atoms with Crippen LogP contribution in [0.15, 0.2) is 108 Å². The van der Waals surface area contributed by atoms with E-state index in [1.807, 2.05) is 73.7 Å². The summed E-state index contributed by atoms with van der Waals surface area (Å²) in [5.41, 5.74) is 6.77. The van der Waals surface area contributed by atoms with Crippen LogP contribution in [0.1, 0.15) is 28.4 Å². The lowest BCUT2D eigenvalue weighted by Crippen LogP contribution is -2.33. The van der Waals surface area contributed by atoms with Gasteiger partial charge in [-0.3, -0.25) is 4.79 Å². The molecule has 0 aliphatic heterocycles. The first-order valence-corrected chi connectivity index (χ1v) is 11.5. The topological polar surface area (TPSA) is 77.0 Å². The molecule has 1 atom stereocenters. The number of nitrogens with one attached hydrogen (secondary N) is 1. The maximum absolute atomic E-state index is 12.4. The van der Waals surface area contributed by atoms with E-state index in [2.05, 4.69) is 10.5 Å². The predicted octanol–water partition coefficient (Wildman–Crippen LogP) is 5.80. The van der Waals surface area contributed by atoms with Crippen LogP contribution in [0.5, 0.6) is 11.5 Å². The van der Waals surface area contributed by atoms with Crippen molar-refractivity contribution in [1.29, 1.82) is 0 Å². The van der Waals surface area contributed by atoms with Crippen molar-refractivity contribution >= 4 is 18.1 Å². The summed E-state index contributed by atoms with van der Waals surface area (Å²) in [4.78, 5) is 24.7. The van der Waals surface area contributed by atoms with Gasteiger partial charge in [0.2, 0.25) is 0 Å². The van der Waals surface area contributed by atoms with Crippen LogP contribution in [0.2, 0.25) is 0 Å². The minimum Gasteiger partial charge on any atom is -0.481 e. The molecule has 0 aliphatic carbocycles. The van der Waals surface area contributed by atoms with Gasteiger partial charge in [0, 0.05) is 0 Å². The number of benzene rings is 4. The van der Waals surface area contributed by atoms with Gasteiger partial charge in [0.15, 0.2) is 6.10 Å². The first-order chi connectivity index (χ1) is 17.5. The number of carbonyl (C=O) groups is 2. The molecule has 0 saturated carbocycles. The number of hydrazone groups is 1. The average molecular weight is 479 g/mol. The molecule has 4 aromatic rings. The fourth-order valence-corrected chi connectivity index (χ4v) is 3.46. The first kappa shape index (κ1) is 24.4. The van der Waals surface area contributed by atoms with Gasteiger partial charge in [0.25, 0.3) is 5.91 Å². The molecule has 0 unspecified atom stereocenters. The van der Waals surface area contributed by atoms with Gasteiger partial charge < -0.3 is 9.47 Å². The average Bonchev–Trinajstić information content (AvgIpc) is 2.90. The van der Waals surface area contributed by atoms with Gasteiger partial charge in [-0.1, -0.05) is 60.7 Å². The van der Waals surface area contributed by atoms with Gasteiger partial charge in [-0.15, -0.1) is 0 Å². The molecule has 4 rings (SSSR count). The standard InChI is InChI=1S/C30H26N2O4/c1-21-8-6-7-11-28(21)30(34)36-27-16-12-23(13-17-27)20-31-32-29(33)22(2)35-26-18-14-25(15-19-26)24-9-4-3-5-10-24/h3-20,22H,1-2H3,(H,32,33)/b31-20-/t22-/m0/s1. The highest BCUT2D eigenvalue weighted by Crippen LogP contribution is 2.22. The van der Waals surface area contributed by atoms with Crippen molar-refractivity contribution in [3.63, 3.8) is 0 Å². The van der Waals surface area contributed by atoms with Gasteiger partial charge in [-0.05, 0) is 78.6 Å². The van der Waals surface area contributed by atoms with Crippen LogP contribution in [0, 0.1) is 6.92 Å². The molecule has 0 bridgehead atoms. The van der Waals surface area contributed by atoms with Gasteiger partial charge in [0.1, 0.15) is 11.5 Å². The quantitative estimate of drug-likeness (QED) is 0.150. The van der Waals surface area contributed by atoms with Crippen LogP contribution in [-0.2, 0) is 4.79 Å². The number of esters is 1. The SMILES string of the molecule is Cc1ccccc1C(=O)Oc1ccc(/C=N\NC(=O)[C@H](C)Oc2ccc(-c3ccccc3)cc2)cc1. The summed E-state index contributed by atoms with van der Waals surface area (Å²) in [6.45, 7) is 3.52. The van der Waals surface area contributed by atoms with E-state index >= 15 is 0 Å². The highest BCUT2D eigenvalue weighted by Gasteiger charge is 2.14. The fourth-order valence-electron chi connectivity index (χ4n) is 3.46.